The van der Waals surface area contributed by atoms with Crippen molar-refractivity contribution in [3.63, 3.8) is 0 Å². The summed E-state index contributed by atoms with van der Waals surface area (Å²) in [4.78, 5) is 23.7. The highest BCUT2D eigenvalue weighted by molar-refractivity contribution is 6.14. The van der Waals surface area contributed by atoms with Gasteiger partial charge in [0, 0.05) is 0 Å². The van der Waals surface area contributed by atoms with E-state index in [1.807, 2.05) is 0 Å². The van der Waals surface area contributed by atoms with Crippen molar-refractivity contribution >= 4 is 11.8 Å². The van der Waals surface area contributed by atoms with Gasteiger partial charge in [0.15, 0.2) is 17.3 Å². The van der Waals surface area contributed by atoms with E-state index in [9.17, 15) is 24.9 Å². The van der Waals surface area contributed by atoms with Crippen molar-refractivity contribution in [2.75, 3.05) is 0 Å². The van der Waals surface area contributed by atoms with Gasteiger partial charge >= 0.3 is 5.97 Å². The van der Waals surface area contributed by atoms with Gasteiger partial charge in [0.2, 0.25) is 0 Å². The first-order valence-corrected chi connectivity index (χ1v) is 5.85. The smallest absolute Gasteiger partial charge is 0.318 e. The van der Waals surface area contributed by atoms with Crippen molar-refractivity contribution in [1.29, 1.82) is 0 Å². The molecule has 0 fully saturated rings. The molecule has 0 heterocycles. The van der Waals surface area contributed by atoms with Crippen LogP contribution in [0.4, 0.5) is 0 Å². The molecule has 0 radical (unpaired) electrons. The van der Waals surface area contributed by atoms with Crippen LogP contribution in [0.5, 0.6) is 11.5 Å². The number of carboxylic acid groups (broad SMARTS) is 1. The lowest BCUT2D eigenvalue weighted by Gasteiger charge is -2.13. The number of rotatable bonds is 4. The van der Waals surface area contributed by atoms with Crippen LogP contribution in [0.15, 0.2) is 48.5 Å². The van der Waals surface area contributed by atoms with Gasteiger partial charge in [-0.2, -0.15) is 0 Å². The number of carbonyl (C=O) groups excluding carboxylic acids is 1. The third kappa shape index (κ3) is 2.47. The number of Topliss-reactive ketones (excluding diaryl/α,β-unsaturated/α-hetero) is 1. The molecule has 2 aromatic rings. The van der Waals surface area contributed by atoms with E-state index < -0.39 is 29.2 Å². The van der Waals surface area contributed by atoms with Crippen LogP contribution in [0.2, 0.25) is 0 Å². The first kappa shape index (κ1) is 13.6. The molecule has 0 aromatic heterocycles. The molecule has 0 aliphatic rings. The van der Waals surface area contributed by atoms with E-state index in [0.717, 1.165) is 0 Å². The first-order valence-electron chi connectivity index (χ1n) is 5.85. The Labute approximate surface area is 114 Å². The van der Waals surface area contributed by atoms with Crippen LogP contribution in [0, 0.1) is 0 Å². The summed E-state index contributed by atoms with van der Waals surface area (Å²) in [5, 5.41) is 28.3. The Morgan fingerprint density at radius 3 is 2.15 bits per heavy atom. The molecule has 5 nitrogen and oxygen atoms in total. The Hall–Kier alpha value is -2.82. The van der Waals surface area contributed by atoms with E-state index in [-0.39, 0.29) is 5.56 Å². The van der Waals surface area contributed by atoms with Crippen molar-refractivity contribution in [3.8, 4) is 11.5 Å². The predicted molar refractivity (Wildman–Crippen MR) is 70.9 cm³/mol. The van der Waals surface area contributed by atoms with Crippen molar-refractivity contribution in [2.24, 2.45) is 0 Å². The Morgan fingerprint density at radius 1 is 0.900 bits per heavy atom. The molecule has 2 aromatic carbocycles. The first-order chi connectivity index (χ1) is 9.52. The summed E-state index contributed by atoms with van der Waals surface area (Å²) in [6.07, 6.45) is 0. The number of para-hydroxylation sites is 1. The monoisotopic (exact) mass is 272 g/mol. The molecule has 0 aliphatic heterocycles. The number of aliphatic carboxylic acids is 1. The van der Waals surface area contributed by atoms with Crippen LogP contribution in [-0.4, -0.2) is 27.1 Å². The minimum Gasteiger partial charge on any atom is -0.504 e. The summed E-state index contributed by atoms with van der Waals surface area (Å²) in [6.45, 7) is 0. The molecule has 20 heavy (non-hydrogen) atoms. The van der Waals surface area contributed by atoms with E-state index in [2.05, 4.69) is 0 Å². The topological polar surface area (TPSA) is 94.8 Å². The van der Waals surface area contributed by atoms with E-state index in [4.69, 9.17) is 0 Å². The van der Waals surface area contributed by atoms with Gasteiger partial charge in [-0.05, 0) is 17.7 Å². The lowest BCUT2D eigenvalue weighted by molar-refractivity contribution is -0.137. The highest BCUT2D eigenvalue weighted by atomic mass is 16.4. The standard InChI is InChI=1S/C15H12O5/c16-11-8-4-7-10(13(11)17)14(18)12(15(19)20)9-5-2-1-3-6-9/h1-8,12,16-17H,(H,19,20). The van der Waals surface area contributed by atoms with Crippen LogP contribution in [-0.2, 0) is 4.79 Å². The summed E-state index contributed by atoms with van der Waals surface area (Å²) >= 11 is 0. The second kappa shape index (κ2) is 5.44. The highest BCUT2D eigenvalue weighted by Crippen LogP contribution is 2.32. The van der Waals surface area contributed by atoms with Gasteiger partial charge in [0.05, 0.1) is 5.56 Å². The van der Waals surface area contributed by atoms with Crippen molar-refractivity contribution < 1.29 is 24.9 Å². The zero-order valence-corrected chi connectivity index (χ0v) is 10.4. The summed E-state index contributed by atoms with van der Waals surface area (Å²) in [7, 11) is 0. The average Bonchev–Trinajstić information content (AvgIpc) is 2.42. The van der Waals surface area contributed by atoms with Crippen LogP contribution in [0.1, 0.15) is 21.8 Å². The highest BCUT2D eigenvalue weighted by Gasteiger charge is 2.31. The minimum absolute atomic E-state index is 0.221. The number of benzene rings is 2. The molecule has 1 unspecified atom stereocenters. The Balaban J connectivity index is 2.48. The van der Waals surface area contributed by atoms with Gasteiger partial charge in [-0.1, -0.05) is 36.4 Å². The summed E-state index contributed by atoms with van der Waals surface area (Å²) in [5.41, 5.74) is 0.0917. The lowest BCUT2D eigenvalue weighted by Crippen LogP contribution is -2.21. The Kier molecular flexibility index (Phi) is 3.70. The third-order valence-electron chi connectivity index (χ3n) is 2.92. The van der Waals surface area contributed by atoms with Crippen molar-refractivity contribution in [3.05, 3.63) is 59.7 Å². The Bertz CT molecular complexity index is 649. The molecule has 3 N–H and O–H groups in total. The molecule has 102 valence electrons. The fourth-order valence-corrected chi connectivity index (χ4v) is 1.94. The fraction of sp³-hybridized carbons (Fsp3) is 0.0667. The molecular formula is C15H12O5. The van der Waals surface area contributed by atoms with Gasteiger partial charge in [-0.3, -0.25) is 9.59 Å². The van der Waals surface area contributed by atoms with E-state index in [1.165, 1.54) is 30.3 Å². The zero-order valence-electron chi connectivity index (χ0n) is 10.4. The van der Waals surface area contributed by atoms with Crippen molar-refractivity contribution in [1.82, 2.24) is 0 Å². The maximum absolute atomic E-state index is 12.3. The van der Waals surface area contributed by atoms with E-state index in [1.54, 1.807) is 18.2 Å². The summed E-state index contributed by atoms with van der Waals surface area (Å²) in [5.74, 6) is -4.60. The molecule has 0 aliphatic carbocycles. The number of hydrogen-bond acceptors (Lipinski definition) is 4. The molecule has 0 amide bonds. The minimum atomic E-state index is -1.43. The van der Waals surface area contributed by atoms with Gasteiger partial charge in [0.1, 0.15) is 5.92 Å². The number of ketones is 1. The number of hydrogen-bond donors (Lipinski definition) is 3. The number of carboxylic acids is 1. The lowest BCUT2D eigenvalue weighted by atomic mass is 9.90. The molecule has 0 bridgehead atoms. The van der Waals surface area contributed by atoms with Crippen LogP contribution >= 0.6 is 0 Å². The van der Waals surface area contributed by atoms with Crippen molar-refractivity contribution in [2.45, 2.75) is 5.92 Å². The molecule has 5 heteroatoms. The largest absolute Gasteiger partial charge is 0.504 e. The average molecular weight is 272 g/mol. The van der Waals surface area contributed by atoms with Gasteiger partial charge in [-0.25, -0.2) is 0 Å². The maximum atomic E-state index is 12.3. The fourth-order valence-electron chi connectivity index (χ4n) is 1.94. The molecule has 0 saturated carbocycles. The van der Waals surface area contributed by atoms with Crippen LogP contribution in [0.25, 0.3) is 0 Å². The van der Waals surface area contributed by atoms with Gasteiger partial charge in [-0.15, -0.1) is 0 Å². The third-order valence-corrected chi connectivity index (χ3v) is 2.92. The normalized spacial score (nSPS) is 11.8. The zero-order chi connectivity index (χ0) is 14.7. The van der Waals surface area contributed by atoms with Crippen LogP contribution in [0.3, 0.4) is 0 Å². The number of phenolic OH excluding ortho intramolecular Hbond substituents is 2. The van der Waals surface area contributed by atoms with Gasteiger partial charge in [0.25, 0.3) is 0 Å². The predicted octanol–water partition coefficient (Wildman–Crippen LogP) is 2.15. The SMILES string of the molecule is O=C(O)C(C(=O)c1cccc(O)c1O)c1ccccc1. The maximum Gasteiger partial charge on any atom is 0.318 e. The number of phenols is 2. The second-order valence-electron chi connectivity index (χ2n) is 4.22. The van der Waals surface area contributed by atoms with Gasteiger partial charge < -0.3 is 15.3 Å². The Morgan fingerprint density at radius 2 is 1.55 bits per heavy atom. The number of carbonyl (C=O) groups is 2. The number of aromatic hydroxyl groups is 2. The quantitative estimate of drug-likeness (QED) is 0.450. The molecule has 2 rings (SSSR count). The van der Waals surface area contributed by atoms with E-state index in [0.29, 0.717) is 5.56 Å². The molecule has 0 spiro atoms. The summed E-state index contributed by atoms with van der Waals surface area (Å²) < 4.78 is 0. The second-order valence-corrected chi connectivity index (χ2v) is 4.22. The van der Waals surface area contributed by atoms with E-state index >= 15 is 0 Å². The summed E-state index contributed by atoms with van der Waals surface area (Å²) in [6, 6.07) is 11.9. The molecular weight excluding hydrogens is 260 g/mol. The molecule has 0 saturated heterocycles. The van der Waals surface area contributed by atoms with Crippen LogP contribution < -0.4 is 0 Å². The molecule has 1 atom stereocenters.